The summed E-state index contributed by atoms with van der Waals surface area (Å²) in [4.78, 5) is 34.5. The SMILES string of the molecule is C=CCn1c(SCC(=O)N2CCN(Cc3ccccc3)CC2)nc2ccccc2c1=O. The van der Waals surface area contributed by atoms with Crippen LogP contribution in [0.15, 0.2) is 77.2 Å². The van der Waals surface area contributed by atoms with E-state index in [1.165, 1.54) is 17.3 Å². The Balaban J connectivity index is 1.38. The minimum absolute atomic E-state index is 0.0805. The summed E-state index contributed by atoms with van der Waals surface area (Å²) in [5, 5.41) is 1.13. The highest BCUT2D eigenvalue weighted by Crippen LogP contribution is 2.19. The van der Waals surface area contributed by atoms with Crippen molar-refractivity contribution >= 4 is 28.6 Å². The fourth-order valence-corrected chi connectivity index (χ4v) is 4.67. The number of carbonyl (C=O) groups excluding carboxylic acids is 1. The van der Waals surface area contributed by atoms with E-state index in [4.69, 9.17) is 0 Å². The number of benzene rings is 2. The van der Waals surface area contributed by atoms with Crippen molar-refractivity contribution in [1.29, 1.82) is 0 Å². The molecule has 1 fully saturated rings. The minimum atomic E-state index is -0.102. The van der Waals surface area contributed by atoms with Gasteiger partial charge in [0.2, 0.25) is 5.91 Å². The summed E-state index contributed by atoms with van der Waals surface area (Å²) in [6.07, 6.45) is 1.68. The second kappa shape index (κ2) is 9.94. The Morgan fingerprint density at radius 2 is 1.74 bits per heavy atom. The van der Waals surface area contributed by atoms with Crippen LogP contribution in [0.3, 0.4) is 0 Å². The van der Waals surface area contributed by atoms with E-state index < -0.39 is 0 Å². The summed E-state index contributed by atoms with van der Waals surface area (Å²) in [5.41, 5.74) is 1.84. The Hall–Kier alpha value is -2.90. The van der Waals surface area contributed by atoms with Crippen molar-refractivity contribution in [2.45, 2.75) is 18.2 Å². The Morgan fingerprint density at radius 3 is 2.48 bits per heavy atom. The van der Waals surface area contributed by atoms with E-state index in [0.29, 0.717) is 22.6 Å². The molecule has 31 heavy (non-hydrogen) atoms. The van der Waals surface area contributed by atoms with Crippen LogP contribution in [0.1, 0.15) is 5.56 Å². The van der Waals surface area contributed by atoms with Crippen LogP contribution >= 0.6 is 11.8 Å². The molecule has 7 heteroatoms. The van der Waals surface area contributed by atoms with Crippen molar-refractivity contribution in [3.8, 4) is 0 Å². The molecule has 6 nitrogen and oxygen atoms in total. The van der Waals surface area contributed by atoms with Gasteiger partial charge in [-0.15, -0.1) is 6.58 Å². The molecule has 3 aromatic rings. The predicted octanol–water partition coefficient (Wildman–Crippen LogP) is 3.02. The maximum absolute atomic E-state index is 12.8. The number of carbonyl (C=O) groups is 1. The van der Waals surface area contributed by atoms with Crippen LogP contribution in [0, 0.1) is 0 Å². The number of allylic oxidation sites excluding steroid dienone is 1. The van der Waals surface area contributed by atoms with Crippen LogP contribution in [0.5, 0.6) is 0 Å². The van der Waals surface area contributed by atoms with Gasteiger partial charge in [0.05, 0.1) is 16.7 Å². The third-order valence-electron chi connectivity index (χ3n) is 5.44. The number of hydrogen-bond donors (Lipinski definition) is 0. The molecule has 0 aliphatic carbocycles. The lowest BCUT2D eigenvalue weighted by atomic mass is 10.2. The average molecular weight is 435 g/mol. The molecule has 0 bridgehead atoms. The topological polar surface area (TPSA) is 58.4 Å². The highest BCUT2D eigenvalue weighted by Gasteiger charge is 2.22. The molecule has 0 saturated carbocycles. The van der Waals surface area contributed by atoms with Gasteiger partial charge in [-0.3, -0.25) is 19.1 Å². The molecule has 4 rings (SSSR count). The monoisotopic (exact) mass is 434 g/mol. The van der Waals surface area contributed by atoms with E-state index in [1.54, 1.807) is 16.7 Å². The number of nitrogens with zero attached hydrogens (tertiary/aromatic N) is 4. The van der Waals surface area contributed by atoms with Crippen LogP contribution in [0.2, 0.25) is 0 Å². The van der Waals surface area contributed by atoms with E-state index in [9.17, 15) is 9.59 Å². The molecule has 0 atom stereocenters. The molecule has 2 heterocycles. The molecule has 0 unspecified atom stereocenters. The third-order valence-corrected chi connectivity index (χ3v) is 6.40. The molecule has 1 aliphatic rings. The Labute approximate surface area is 186 Å². The predicted molar refractivity (Wildman–Crippen MR) is 125 cm³/mol. The van der Waals surface area contributed by atoms with Gasteiger partial charge >= 0.3 is 0 Å². The summed E-state index contributed by atoms with van der Waals surface area (Å²) in [5.74, 6) is 0.345. The highest BCUT2D eigenvalue weighted by molar-refractivity contribution is 7.99. The van der Waals surface area contributed by atoms with Gasteiger partial charge < -0.3 is 4.90 Å². The number of thioether (sulfide) groups is 1. The number of hydrogen-bond acceptors (Lipinski definition) is 5. The van der Waals surface area contributed by atoms with Crippen molar-refractivity contribution in [3.63, 3.8) is 0 Å². The Morgan fingerprint density at radius 1 is 1.03 bits per heavy atom. The molecule has 0 spiro atoms. The van der Waals surface area contributed by atoms with Crippen LogP contribution in [0.25, 0.3) is 10.9 Å². The third kappa shape index (κ3) is 5.06. The summed E-state index contributed by atoms with van der Waals surface area (Å²) >= 11 is 1.32. The first-order chi connectivity index (χ1) is 15.2. The van der Waals surface area contributed by atoms with Gasteiger partial charge in [-0.1, -0.05) is 60.3 Å². The molecule has 1 aliphatic heterocycles. The standard InChI is InChI=1S/C24H26N4O2S/c1-2-12-28-23(30)20-10-6-7-11-21(20)25-24(28)31-18-22(29)27-15-13-26(14-16-27)17-19-8-4-3-5-9-19/h2-11H,1,12-18H2. The first-order valence-corrected chi connectivity index (χ1v) is 11.4. The quantitative estimate of drug-likeness (QED) is 0.325. The van der Waals surface area contributed by atoms with Crippen molar-refractivity contribution in [1.82, 2.24) is 19.4 Å². The van der Waals surface area contributed by atoms with E-state index in [-0.39, 0.29) is 17.2 Å². The van der Waals surface area contributed by atoms with Crippen LogP contribution in [-0.2, 0) is 17.9 Å². The van der Waals surface area contributed by atoms with Crippen molar-refractivity contribution in [2.75, 3.05) is 31.9 Å². The van der Waals surface area contributed by atoms with E-state index in [0.717, 1.165) is 32.7 Å². The first kappa shape index (κ1) is 21.3. The molecule has 0 N–H and O–H groups in total. The summed E-state index contributed by atoms with van der Waals surface area (Å²) < 4.78 is 1.59. The molecule has 0 radical (unpaired) electrons. The number of fused-ring (bicyclic) bond motifs is 1. The largest absolute Gasteiger partial charge is 0.339 e. The van der Waals surface area contributed by atoms with E-state index in [1.807, 2.05) is 29.2 Å². The molecule has 160 valence electrons. The van der Waals surface area contributed by atoms with Gasteiger partial charge in [-0.25, -0.2) is 4.98 Å². The van der Waals surface area contributed by atoms with Crippen LogP contribution in [0.4, 0.5) is 0 Å². The second-order valence-electron chi connectivity index (χ2n) is 7.55. The van der Waals surface area contributed by atoms with Gasteiger partial charge in [0.1, 0.15) is 0 Å². The maximum atomic E-state index is 12.8. The Bertz CT molecular complexity index is 1120. The van der Waals surface area contributed by atoms with Gasteiger partial charge in [-0.2, -0.15) is 0 Å². The maximum Gasteiger partial charge on any atom is 0.262 e. The lowest BCUT2D eigenvalue weighted by Crippen LogP contribution is -2.48. The summed E-state index contributed by atoms with van der Waals surface area (Å²) in [7, 11) is 0. The number of rotatable bonds is 7. The fraction of sp³-hybridized carbons (Fsp3) is 0.292. The zero-order chi connectivity index (χ0) is 21.6. The van der Waals surface area contributed by atoms with Crippen LogP contribution in [-0.4, -0.2) is 57.2 Å². The molecule has 1 aromatic heterocycles. The van der Waals surface area contributed by atoms with Crippen molar-refractivity contribution in [2.24, 2.45) is 0 Å². The van der Waals surface area contributed by atoms with Gasteiger partial charge in [0.15, 0.2) is 5.16 Å². The normalized spacial score (nSPS) is 14.6. The van der Waals surface area contributed by atoms with Crippen molar-refractivity contribution in [3.05, 3.63) is 83.2 Å². The summed E-state index contributed by atoms with van der Waals surface area (Å²) in [6, 6.07) is 17.7. The first-order valence-electron chi connectivity index (χ1n) is 10.4. The van der Waals surface area contributed by atoms with E-state index >= 15 is 0 Å². The Kier molecular flexibility index (Phi) is 6.84. The van der Waals surface area contributed by atoms with Gasteiger partial charge in [0, 0.05) is 39.3 Å². The number of aromatic nitrogens is 2. The molecule has 1 saturated heterocycles. The number of piperazine rings is 1. The zero-order valence-electron chi connectivity index (χ0n) is 17.4. The average Bonchev–Trinajstić information content (AvgIpc) is 2.81. The second-order valence-corrected chi connectivity index (χ2v) is 8.49. The van der Waals surface area contributed by atoms with Crippen LogP contribution < -0.4 is 5.56 Å². The smallest absolute Gasteiger partial charge is 0.262 e. The highest BCUT2D eigenvalue weighted by atomic mass is 32.2. The summed E-state index contributed by atoms with van der Waals surface area (Å²) in [6.45, 7) is 8.18. The molecular weight excluding hydrogens is 408 g/mol. The fourth-order valence-electron chi connectivity index (χ4n) is 3.76. The molecule has 1 amide bonds. The number of para-hydroxylation sites is 1. The van der Waals surface area contributed by atoms with E-state index in [2.05, 4.69) is 40.7 Å². The van der Waals surface area contributed by atoms with Gasteiger partial charge in [0.25, 0.3) is 5.56 Å². The lowest BCUT2D eigenvalue weighted by Gasteiger charge is -2.34. The molecular formula is C24H26N4O2S. The zero-order valence-corrected chi connectivity index (χ0v) is 18.3. The minimum Gasteiger partial charge on any atom is -0.339 e. The molecule has 2 aromatic carbocycles. The van der Waals surface area contributed by atoms with Gasteiger partial charge in [-0.05, 0) is 17.7 Å². The lowest BCUT2D eigenvalue weighted by molar-refractivity contribution is -0.130. The van der Waals surface area contributed by atoms with Crippen molar-refractivity contribution < 1.29 is 4.79 Å². The number of amides is 1.